The summed E-state index contributed by atoms with van der Waals surface area (Å²) in [4.78, 5) is 15.9. The molecule has 5 nitrogen and oxygen atoms in total. The van der Waals surface area contributed by atoms with E-state index in [-0.39, 0.29) is 16.5 Å². The maximum Gasteiger partial charge on any atom is 0.270 e. The number of hydrogen-bond donors (Lipinski definition) is 1. The topological polar surface area (TPSA) is 70.2 Å². The summed E-state index contributed by atoms with van der Waals surface area (Å²) in [6, 6.07) is 1.24. The zero-order valence-electron chi connectivity index (χ0n) is 9.03. The van der Waals surface area contributed by atoms with Crippen LogP contribution in [0.2, 0.25) is 0 Å². The van der Waals surface area contributed by atoms with Gasteiger partial charge in [0.15, 0.2) is 0 Å². The standard InChI is InChI=1S/C9H13ClN2O3S/c1-3-12(4-2)9(13)8-5-7(6-11-8)16(10,14)15/h5-6,11H,3-4H2,1-2H3. The Hall–Kier alpha value is -1.01. The molecule has 0 atom stereocenters. The van der Waals surface area contributed by atoms with Gasteiger partial charge in [-0.2, -0.15) is 0 Å². The molecule has 0 radical (unpaired) electrons. The first-order valence-electron chi connectivity index (χ1n) is 4.82. The quantitative estimate of drug-likeness (QED) is 0.836. The summed E-state index contributed by atoms with van der Waals surface area (Å²) in [6.07, 6.45) is 1.21. The van der Waals surface area contributed by atoms with Crippen molar-refractivity contribution in [3.63, 3.8) is 0 Å². The van der Waals surface area contributed by atoms with Crippen molar-refractivity contribution in [3.05, 3.63) is 18.0 Å². The molecule has 1 rings (SSSR count). The number of aromatic nitrogens is 1. The molecule has 1 N–H and O–H groups in total. The molecule has 0 saturated carbocycles. The number of aromatic amines is 1. The third-order valence-corrected chi connectivity index (χ3v) is 3.55. The van der Waals surface area contributed by atoms with Gasteiger partial charge in [-0.3, -0.25) is 4.79 Å². The van der Waals surface area contributed by atoms with E-state index in [1.807, 2.05) is 13.8 Å². The Morgan fingerprint density at radius 3 is 2.38 bits per heavy atom. The van der Waals surface area contributed by atoms with Gasteiger partial charge in [-0.25, -0.2) is 8.42 Å². The second-order valence-corrected chi connectivity index (χ2v) is 5.73. The largest absolute Gasteiger partial charge is 0.356 e. The number of carbonyl (C=O) groups excluding carboxylic acids is 1. The zero-order chi connectivity index (χ0) is 12.3. The fourth-order valence-electron chi connectivity index (χ4n) is 1.32. The van der Waals surface area contributed by atoms with E-state index < -0.39 is 9.05 Å². The van der Waals surface area contributed by atoms with Crippen LogP contribution in [0.15, 0.2) is 17.2 Å². The van der Waals surface area contributed by atoms with Gasteiger partial charge in [0.25, 0.3) is 15.0 Å². The molecule has 0 unspecified atom stereocenters. The summed E-state index contributed by atoms with van der Waals surface area (Å²) in [5, 5.41) is 0. The molecule has 1 aromatic heterocycles. The number of hydrogen-bond acceptors (Lipinski definition) is 3. The Morgan fingerprint density at radius 1 is 1.44 bits per heavy atom. The van der Waals surface area contributed by atoms with E-state index in [0.29, 0.717) is 13.1 Å². The van der Waals surface area contributed by atoms with Gasteiger partial charge >= 0.3 is 0 Å². The van der Waals surface area contributed by atoms with Gasteiger partial charge in [0.2, 0.25) is 0 Å². The van der Waals surface area contributed by atoms with Gasteiger partial charge in [0.05, 0.1) is 0 Å². The fraction of sp³-hybridized carbons (Fsp3) is 0.444. The highest BCUT2D eigenvalue weighted by atomic mass is 35.7. The number of nitrogens with zero attached hydrogens (tertiary/aromatic N) is 1. The minimum absolute atomic E-state index is 0.0929. The molecule has 7 heteroatoms. The number of halogens is 1. The summed E-state index contributed by atoms with van der Waals surface area (Å²) < 4.78 is 22.0. The summed E-state index contributed by atoms with van der Waals surface area (Å²) >= 11 is 0. The number of H-pyrrole nitrogens is 1. The second kappa shape index (κ2) is 4.88. The first kappa shape index (κ1) is 13.1. The van der Waals surface area contributed by atoms with E-state index in [1.54, 1.807) is 4.90 Å². The predicted octanol–water partition coefficient (Wildman–Crippen LogP) is 1.42. The zero-order valence-corrected chi connectivity index (χ0v) is 10.6. The highest BCUT2D eigenvalue weighted by molar-refractivity contribution is 8.13. The molecule has 0 aliphatic rings. The van der Waals surface area contributed by atoms with Crippen LogP contribution in [0.3, 0.4) is 0 Å². The van der Waals surface area contributed by atoms with Crippen LogP contribution in [0, 0.1) is 0 Å². The van der Waals surface area contributed by atoms with Crippen molar-refractivity contribution in [2.45, 2.75) is 18.7 Å². The lowest BCUT2D eigenvalue weighted by Crippen LogP contribution is -2.30. The normalized spacial score (nSPS) is 11.4. The van der Waals surface area contributed by atoms with E-state index in [0.717, 1.165) is 0 Å². The minimum atomic E-state index is -3.78. The van der Waals surface area contributed by atoms with Gasteiger partial charge in [-0.15, -0.1) is 0 Å². The van der Waals surface area contributed by atoms with E-state index in [2.05, 4.69) is 4.98 Å². The van der Waals surface area contributed by atoms with E-state index in [4.69, 9.17) is 10.7 Å². The first-order valence-corrected chi connectivity index (χ1v) is 7.13. The van der Waals surface area contributed by atoms with Gasteiger partial charge < -0.3 is 9.88 Å². The van der Waals surface area contributed by atoms with Crippen molar-refractivity contribution < 1.29 is 13.2 Å². The summed E-state index contributed by atoms with van der Waals surface area (Å²) in [5.74, 6) is -0.239. The molecule has 0 spiro atoms. The average molecular weight is 265 g/mol. The predicted molar refractivity (Wildman–Crippen MR) is 61.1 cm³/mol. The van der Waals surface area contributed by atoms with E-state index in [9.17, 15) is 13.2 Å². The van der Waals surface area contributed by atoms with Crippen molar-refractivity contribution in [1.82, 2.24) is 9.88 Å². The van der Waals surface area contributed by atoms with Crippen LogP contribution in [0.5, 0.6) is 0 Å². The maximum atomic E-state index is 11.8. The van der Waals surface area contributed by atoms with Gasteiger partial charge in [0, 0.05) is 30.0 Å². The molecule has 0 saturated heterocycles. The van der Waals surface area contributed by atoms with Crippen molar-refractivity contribution in [2.75, 3.05) is 13.1 Å². The molecule has 0 aliphatic carbocycles. The van der Waals surface area contributed by atoms with E-state index >= 15 is 0 Å². The van der Waals surface area contributed by atoms with Crippen LogP contribution in [0.25, 0.3) is 0 Å². The smallest absolute Gasteiger partial charge is 0.270 e. The molecule has 0 bridgehead atoms. The SMILES string of the molecule is CCN(CC)C(=O)c1cc(S(=O)(=O)Cl)c[nH]1. The lowest BCUT2D eigenvalue weighted by molar-refractivity contribution is 0.0768. The minimum Gasteiger partial charge on any atom is -0.356 e. The number of rotatable bonds is 4. The van der Waals surface area contributed by atoms with Crippen LogP contribution in [-0.4, -0.2) is 37.3 Å². The average Bonchev–Trinajstić information content (AvgIpc) is 2.67. The van der Waals surface area contributed by atoms with E-state index in [1.165, 1.54) is 12.3 Å². The lowest BCUT2D eigenvalue weighted by atomic mass is 10.3. The summed E-state index contributed by atoms with van der Waals surface area (Å²) in [5.41, 5.74) is 0.225. The Morgan fingerprint density at radius 2 is 2.00 bits per heavy atom. The molecule has 1 heterocycles. The molecule has 0 aromatic carbocycles. The Labute approximate surface area is 98.8 Å². The number of amides is 1. The van der Waals surface area contributed by atoms with Gasteiger partial charge in [-0.05, 0) is 19.9 Å². The Bertz CT molecular complexity index is 477. The van der Waals surface area contributed by atoms with Crippen LogP contribution in [0.4, 0.5) is 0 Å². The Balaban J connectivity index is 2.99. The highest BCUT2D eigenvalue weighted by Gasteiger charge is 2.18. The van der Waals surface area contributed by atoms with Crippen molar-refractivity contribution >= 4 is 25.6 Å². The third kappa shape index (κ3) is 2.76. The third-order valence-electron chi connectivity index (χ3n) is 2.22. The summed E-state index contributed by atoms with van der Waals surface area (Å²) in [7, 11) is 1.37. The number of nitrogens with one attached hydrogen (secondary N) is 1. The van der Waals surface area contributed by atoms with Crippen LogP contribution >= 0.6 is 10.7 Å². The van der Waals surface area contributed by atoms with Crippen LogP contribution < -0.4 is 0 Å². The molecule has 90 valence electrons. The number of carbonyl (C=O) groups is 1. The van der Waals surface area contributed by atoms with Crippen molar-refractivity contribution in [1.29, 1.82) is 0 Å². The molecule has 0 fully saturated rings. The molecule has 1 aromatic rings. The van der Waals surface area contributed by atoms with Crippen LogP contribution in [-0.2, 0) is 9.05 Å². The molecule has 16 heavy (non-hydrogen) atoms. The lowest BCUT2D eigenvalue weighted by Gasteiger charge is -2.17. The first-order chi connectivity index (χ1) is 7.40. The summed E-state index contributed by atoms with van der Waals surface area (Å²) in [6.45, 7) is 4.84. The monoisotopic (exact) mass is 264 g/mol. The van der Waals surface area contributed by atoms with Crippen molar-refractivity contribution in [2.24, 2.45) is 0 Å². The maximum absolute atomic E-state index is 11.8. The van der Waals surface area contributed by atoms with Crippen LogP contribution in [0.1, 0.15) is 24.3 Å². The molecule has 0 aliphatic heterocycles. The van der Waals surface area contributed by atoms with Crippen molar-refractivity contribution in [3.8, 4) is 0 Å². The second-order valence-electron chi connectivity index (χ2n) is 3.16. The highest BCUT2D eigenvalue weighted by Crippen LogP contribution is 2.16. The van der Waals surface area contributed by atoms with Gasteiger partial charge in [0.1, 0.15) is 10.6 Å². The molecular formula is C9H13ClN2O3S. The molecular weight excluding hydrogens is 252 g/mol. The Kier molecular flexibility index (Phi) is 3.98. The van der Waals surface area contributed by atoms with Gasteiger partial charge in [-0.1, -0.05) is 0 Å². The molecule has 1 amide bonds. The fourth-order valence-corrected chi connectivity index (χ4v) is 2.05.